The van der Waals surface area contributed by atoms with E-state index in [0.717, 1.165) is 47.5 Å². The molecule has 34 heavy (non-hydrogen) atoms. The van der Waals surface area contributed by atoms with Crippen LogP contribution in [0.25, 0.3) is 16.8 Å². The van der Waals surface area contributed by atoms with Gasteiger partial charge in [-0.25, -0.2) is 9.50 Å². The summed E-state index contributed by atoms with van der Waals surface area (Å²) in [6.07, 6.45) is 5.54. The van der Waals surface area contributed by atoms with E-state index in [4.69, 9.17) is 10.1 Å². The number of aromatic nitrogens is 3. The van der Waals surface area contributed by atoms with Gasteiger partial charge in [0.25, 0.3) is 0 Å². The van der Waals surface area contributed by atoms with Crippen molar-refractivity contribution in [3.8, 4) is 11.3 Å². The minimum Gasteiger partial charge on any atom is -0.354 e. The lowest BCUT2D eigenvalue weighted by atomic mass is 9.96. The van der Waals surface area contributed by atoms with Gasteiger partial charge < -0.3 is 10.2 Å². The normalized spacial score (nSPS) is 16.1. The van der Waals surface area contributed by atoms with Crippen LogP contribution in [0.2, 0.25) is 0 Å². The summed E-state index contributed by atoms with van der Waals surface area (Å²) < 4.78 is 1.90. The molecule has 0 bridgehead atoms. The number of carbonyl (C=O) groups excluding carboxylic acids is 1. The van der Waals surface area contributed by atoms with Crippen LogP contribution in [0.4, 0.5) is 5.82 Å². The van der Waals surface area contributed by atoms with Crippen LogP contribution in [0.1, 0.15) is 35.1 Å². The monoisotopic (exact) mass is 453 g/mol. The van der Waals surface area contributed by atoms with Crippen molar-refractivity contribution in [2.24, 2.45) is 5.92 Å². The van der Waals surface area contributed by atoms with Gasteiger partial charge in [0.15, 0.2) is 5.82 Å². The molecule has 1 N–H and O–H groups in total. The molecule has 3 heterocycles. The van der Waals surface area contributed by atoms with Crippen LogP contribution < -0.4 is 10.2 Å². The van der Waals surface area contributed by atoms with Crippen LogP contribution >= 0.6 is 0 Å². The number of anilines is 1. The van der Waals surface area contributed by atoms with Gasteiger partial charge in [-0.2, -0.15) is 5.10 Å². The average molecular weight is 454 g/mol. The van der Waals surface area contributed by atoms with Gasteiger partial charge >= 0.3 is 0 Å². The van der Waals surface area contributed by atoms with Crippen molar-refractivity contribution in [1.29, 1.82) is 0 Å². The molecular weight excluding hydrogens is 422 g/mol. The first kappa shape index (κ1) is 22.1. The molecular formula is C28H31N5O. The second-order valence-corrected chi connectivity index (χ2v) is 9.36. The summed E-state index contributed by atoms with van der Waals surface area (Å²) in [5, 5.41) is 7.98. The van der Waals surface area contributed by atoms with E-state index in [1.807, 2.05) is 22.8 Å². The van der Waals surface area contributed by atoms with Crippen molar-refractivity contribution in [2.75, 3.05) is 18.0 Å². The summed E-state index contributed by atoms with van der Waals surface area (Å²) in [5.41, 5.74) is 7.85. The predicted molar refractivity (Wildman–Crippen MR) is 136 cm³/mol. The fourth-order valence-electron chi connectivity index (χ4n) is 4.90. The number of benzene rings is 2. The number of aryl methyl sites for hydroxylation is 3. The lowest BCUT2D eigenvalue weighted by Crippen LogP contribution is -2.43. The van der Waals surface area contributed by atoms with Crippen LogP contribution in [0.15, 0.2) is 60.9 Å². The number of carbonyl (C=O) groups is 1. The van der Waals surface area contributed by atoms with Gasteiger partial charge in [-0.1, -0.05) is 48.0 Å². The summed E-state index contributed by atoms with van der Waals surface area (Å²) in [7, 11) is 0. The Kier molecular flexibility index (Phi) is 6.05. The summed E-state index contributed by atoms with van der Waals surface area (Å²) in [5.74, 6) is 0.952. The molecule has 2 aromatic heterocycles. The van der Waals surface area contributed by atoms with E-state index in [0.29, 0.717) is 13.1 Å². The molecule has 0 aliphatic carbocycles. The Morgan fingerprint density at radius 1 is 1.09 bits per heavy atom. The van der Waals surface area contributed by atoms with Crippen LogP contribution in [-0.4, -0.2) is 33.6 Å². The maximum absolute atomic E-state index is 13.0. The Labute approximate surface area is 200 Å². The molecule has 4 aromatic rings. The fraction of sp³-hybridized carbons (Fsp3) is 0.321. The number of hydrogen-bond donors (Lipinski definition) is 1. The summed E-state index contributed by atoms with van der Waals surface area (Å²) in [6.45, 7) is 8.42. The molecule has 5 rings (SSSR count). The number of hydrogen-bond acceptors (Lipinski definition) is 4. The zero-order valence-corrected chi connectivity index (χ0v) is 20.1. The molecule has 6 nitrogen and oxygen atoms in total. The van der Waals surface area contributed by atoms with E-state index in [-0.39, 0.29) is 11.8 Å². The van der Waals surface area contributed by atoms with E-state index in [1.54, 1.807) is 6.20 Å². The molecule has 0 spiro atoms. The minimum absolute atomic E-state index is 0.0541. The molecule has 1 saturated heterocycles. The summed E-state index contributed by atoms with van der Waals surface area (Å²) in [6, 6.07) is 16.7. The SMILES string of the molecule is Cc1ccc(-c2cc3c(N4CCC[C@@H](C(=O)NCc5ccccc5C)C4)nccn3n2)c(C)c1. The molecule has 1 atom stereocenters. The smallest absolute Gasteiger partial charge is 0.225 e. The highest BCUT2D eigenvalue weighted by Crippen LogP contribution is 2.30. The number of nitrogens with zero attached hydrogens (tertiary/aromatic N) is 4. The van der Waals surface area contributed by atoms with Gasteiger partial charge in [0.2, 0.25) is 5.91 Å². The van der Waals surface area contributed by atoms with Crippen LogP contribution in [0.5, 0.6) is 0 Å². The largest absolute Gasteiger partial charge is 0.354 e. The minimum atomic E-state index is -0.0541. The van der Waals surface area contributed by atoms with Crippen molar-refractivity contribution in [2.45, 2.75) is 40.2 Å². The Morgan fingerprint density at radius 3 is 2.76 bits per heavy atom. The third-order valence-corrected chi connectivity index (χ3v) is 6.83. The summed E-state index contributed by atoms with van der Waals surface area (Å²) >= 11 is 0. The molecule has 174 valence electrons. The van der Waals surface area contributed by atoms with Crippen LogP contribution in [-0.2, 0) is 11.3 Å². The molecule has 0 radical (unpaired) electrons. The quantitative estimate of drug-likeness (QED) is 0.469. The number of fused-ring (bicyclic) bond motifs is 1. The first-order valence-electron chi connectivity index (χ1n) is 12.0. The van der Waals surface area contributed by atoms with E-state index in [2.05, 4.69) is 67.4 Å². The topological polar surface area (TPSA) is 62.5 Å². The molecule has 0 saturated carbocycles. The lowest BCUT2D eigenvalue weighted by molar-refractivity contribution is -0.125. The highest BCUT2D eigenvalue weighted by molar-refractivity contribution is 5.81. The summed E-state index contributed by atoms with van der Waals surface area (Å²) in [4.78, 5) is 19.9. The second kappa shape index (κ2) is 9.29. The lowest BCUT2D eigenvalue weighted by Gasteiger charge is -2.33. The van der Waals surface area contributed by atoms with Gasteiger partial charge in [-0.3, -0.25) is 4.79 Å². The van der Waals surface area contributed by atoms with Gasteiger partial charge in [-0.15, -0.1) is 0 Å². The molecule has 1 aliphatic rings. The molecule has 6 heteroatoms. The Hall–Kier alpha value is -3.67. The zero-order valence-electron chi connectivity index (χ0n) is 20.1. The highest BCUT2D eigenvalue weighted by Gasteiger charge is 2.28. The van der Waals surface area contributed by atoms with Gasteiger partial charge in [0.1, 0.15) is 5.52 Å². The molecule has 2 aromatic carbocycles. The molecule has 0 unspecified atom stereocenters. The van der Waals surface area contributed by atoms with Crippen molar-refractivity contribution in [3.05, 3.63) is 83.2 Å². The second-order valence-electron chi connectivity index (χ2n) is 9.36. The van der Waals surface area contributed by atoms with E-state index >= 15 is 0 Å². The fourth-order valence-corrected chi connectivity index (χ4v) is 4.90. The standard InChI is InChI=1S/C28H31N5O/c1-19-10-11-24(21(3)15-19)25-16-26-27(29-12-14-33(26)31-25)32-13-6-9-23(18-32)28(34)30-17-22-8-5-4-7-20(22)2/h4-5,7-8,10-12,14-16,23H,6,9,13,17-18H2,1-3H3,(H,30,34)/t23-/m1/s1. The number of amides is 1. The maximum atomic E-state index is 13.0. The van der Waals surface area contributed by atoms with Gasteiger partial charge in [0, 0.05) is 37.6 Å². The maximum Gasteiger partial charge on any atom is 0.225 e. The first-order chi connectivity index (χ1) is 16.5. The number of rotatable bonds is 5. The Bertz CT molecular complexity index is 1340. The third kappa shape index (κ3) is 4.40. The molecule has 1 amide bonds. The van der Waals surface area contributed by atoms with Crippen molar-refractivity contribution in [1.82, 2.24) is 19.9 Å². The number of nitrogens with one attached hydrogen (secondary N) is 1. The number of piperidine rings is 1. The van der Waals surface area contributed by atoms with Crippen molar-refractivity contribution in [3.63, 3.8) is 0 Å². The Balaban J connectivity index is 1.35. The molecule has 1 aliphatic heterocycles. The van der Waals surface area contributed by atoms with Crippen LogP contribution in [0.3, 0.4) is 0 Å². The van der Waals surface area contributed by atoms with E-state index in [1.165, 1.54) is 16.7 Å². The average Bonchev–Trinajstić information content (AvgIpc) is 3.27. The van der Waals surface area contributed by atoms with E-state index < -0.39 is 0 Å². The van der Waals surface area contributed by atoms with Gasteiger partial charge in [-0.05, 0) is 56.4 Å². The van der Waals surface area contributed by atoms with Crippen molar-refractivity contribution >= 4 is 17.2 Å². The molecule has 1 fully saturated rings. The predicted octanol–water partition coefficient (Wildman–Crippen LogP) is 4.85. The van der Waals surface area contributed by atoms with Crippen molar-refractivity contribution < 1.29 is 4.79 Å². The third-order valence-electron chi connectivity index (χ3n) is 6.83. The zero-order chi connectivity index (χ0) is 23.7. The van der Waals surface area contributed by atoms with Gasteiger partial charge in [0.05, 0.1) is 11.6 Å². The van der Waals surface area contributed by atoms with Crippen LogP contribution in [0, 0.1) is 26.7 Å². The Morgan fingerprint density at radius 2 is 1.94 bits per heavy atom. The highest BCUT2D eigenvalue weighted by atomic mass is 16.1. The van der Waals surface area contributed by atoms with E-state index in [9.17, 15) is 4.79 Å². The first-order valence-corrected chi connectivity index (χ1v) is 12.0.